The van der Waals surface area contributed by atoms with Gasteiger partial charge in [0.15, 0.2) is 0 Å². The number of benzene rings is 1. The lowest BCUT2D eigenvalue weighted by molar-refractivity contribution is 0.211. The highest BCUT2D eigenvalue weighted by Gasteiger charge is 2.38. The van der Waals surface area contributed by atoms with Crippen LogP contribution in [0.25, 0.3) is 0 Å². The number of nitriles is 1. The highest BCUT2D eigenvalue weighted by atomic mass is 16.5. The number of hydrogen-bond acceptors (Lipinski definition) is 3. The van der Waals surface area contributed by atoms with Crippen molar-refractivity contribution in [3.05, 3.63) is 23.3 Å². The fourth-order valence-corrected chi connectivity index (χ4v) is 2.55. The Morgan fingerprint density at radius 3 is 2.33 bits per heavy atom. The summed E-state index contributed by atoms with van der Waals surface area (Å²) < 4.78 is 10.8. The summed E-state index contributed by atoms with van der Waals surface area (Å²) in [6.07, 6.45) is 3.88. The van der Waals surface area contributed by atoms with E-state index in [0.29, 0.717) is 0 Å². The van der Waals surface area contributed by atoms with E-state index in [-0.39, 0.29) is 5.41 Å². The van der Waals surface area contributed by atoms with Gasteiger partial charge >= 0.3 is 0 Å². The van der Waals surface area contributed by atoms with Crippen molar-refractivity contribution in [2.75, 3.05) is 14.2 Å². The third-order valence-corrected chi connectivity index (χ3v) is 3.87. The Balaban J connectivity index is 2.34. The molecule has 1 aromatic rings. The van der Waals surface area contributed by atoms with Gasteiger partial charge in [0.05, 0.1) is 25.7 Å². The van der Waals surface area contributed by atoms with Gasteiger partial charge in [-0.25, -0.2) is 0 Å². The molecule has 1 saturated carbocycles. The van der Waals surface area contributed by atoms with Crippen LogP contribution in [0.2, 0.25) is 0 Å². The zero-order chi connectivity index (χ0) is 13.2. The first kappa shape index (κ1) is 12.8. The van der Waals surface area contributed by atoms with Crippen molar-refractivity contribution in [2.45, 2.75) is 32.6 Å². The van der Waals surface area contributed by atoms with E-state index < -0.39 is 0 Å². The van der Waals surface area contributed by atoms with E-state index in [9.17, 15) is 5.26 Å². The van der Waals surface area contributed by atoms with Crippen LogP contribution in [0.1, 0.15) is 30.4 Å². The molecule has 0 bridgehead atoms. The van der Waals surface area contributed by atoms with E-state index in [2.05, 4.69) is 6.07 Å². The van der Waals surface area contributed by atoms with Crippen molar-refractivity contribution in [3.63, 3.8) is 0 Å². The van der Waals surface area contributed by atoms with Gasteiger partial charge in [0.2, 0.25) is 0 Å². The Hall–Kier alpha value is -1.69. The molecule has 3 heteroatoms. The lowest BCUT2D eigenvalue weighted by Gasteiger charge is -2.35. The van der Waals surface area contributed by atoms with Gasteiger partial charge in [0.1, 0.15) is 11.5 Å². The van der Waals surface area contributed by atoms with E-state index in [1.165, 1.54) is 0 Å². The van der Waals surface area contributed by atoms with E-state index in [0.717, 1.165) is 48.3 Å². The van der Waals surface area contributed by atoms with Gasteiger partial charge in [0.25, 0.3) is 0 Å². The van der Waals surface area contributed by atoms with Gasteiger partial charge in [-0.15, -0.1) is 0 Å². The Morgan fingerprint density at radius 1 is 1.22 bits per heavy atom. The fourth-order valence-electron chi connectivity index (χ4n) is 2.55. The summed E-state index contributed by atoms with van der Waals surface area (Å²) >= 11 is 0. The summed E-state index contributed by atoms with van der Waals surface area (Å²) in [5.74, 6) is 1.72. The molecular formula is C15H19NO2. The first-order valence-corrected chi connectivity index (χ1v) is 6.27. The van der Waals surface area contributed by atoms with Gasteiger partial charge < -0.3 is 9.47 Å². The molecule has 3 nitrogen and oxygen atoms in total. The highest BCUT2D eigenvalue weighted by Crippen LogP contribution is 2.45. The molecule has 0 radical (unpaired) electrons. The van der Waals surface area contributed by atoms with Gasteiger partial charge in [-0.2, -0.15) is 5.26 Å². The SMILES string of the molecule is COc1cc(CC2(C#N)CCC2)c(OC)cc1C. The van der Waals surface area contributed by atoms with Crippen LogP contribution < -0.4 is 9.47 Å². The molecule has 0 amide bonds. The van der Waals surface area contributed by atoms with E-state index in [1.54, 1.807) is 14.2 Å². The number of methoxy groups -OCH3 is 2. The van der Waals surface area contributed by atoms with Crippen LogP contribution in [-0.2, 0) is 6.42 Å². The minimum Gasteiger partial charge on any atom is -0.496 e. The van der Waals surface area contributed by atoms with Gasteiger partial charge in [-0.3, -0.25) is 0 Å². The Kier molecular flexibility index (Phi) is 3.47. The monoisotopic (exact) mass is 245 g/mol. The molecule has 0 unspecified atom stereocenters. The molecule has 0 saturated heterocycles. The van der Waals surface area contributed by atoms with Crippen molar-refractivity contribution >= 4 is 0 Å². The van der Waals surface area contributed by atoms with Crippen LogP contribution in [-0.4, -0.2) is 14.2 Å². The molecule has 96 valence electrons. The molecule has 0 aromatic heterocycles. The van der Waals surface area contributed by atoms with Crippen LogP contribution in [0, 0.1) is 23.7 Å². The third-order valence-electron chi connectivity index (χ3n) is 3.87. The molecule has 2 rings (SSSR count). The molecule has 1 aliphatic carbocycles. The second-order valence-electron chi connectivity index (χ2n) is 5.06. The molecule has 0 N–H and O–H groups in total. The standard InChI is InChI=1S/C15H19NO2/c1-11-7-14(18-3)12(8-13(11)17-2)9-15(10-16)5-4-6-15/h7-8H,4-6,9H2,1-3H3. The number of rotatable bonds is 4. The zero-order valence-electron chi connectivity index (χ0n) is 11.2. The molecule has 0 heterocycles. The maximum atomic E-state index is 9.32. The minimum atomic E-state index is -0.187. The number of hydrogen-bond donors (Lipinski definition) is 0. The third kappa shape index (κ3) is 2.15. The predicted molar refractivity (Wildman–Crippen MR) is 69.9 cm³/mol. The average Bonchev–Trinajstić information content (AvgIpc) is 2.34. The summed E-state index contributed by atoms with van der Waals surface area (Å²) in [4.78, 5) is 0. The Morgan fingerprint density at radius 2 is 1.89 bits per heavy atom. The molecule has 0 atom stereocenters. The van der Waals surface area contributed by atoms with Crippen LogP contribution in [0.15, 0.2) is 12.1 Å². The predicted octanol–water partition coefficient (Wildman–Crippen LogP) is 3.25. The normalized spacial score (nSPS) is 16.6. The van der Waals surface area contributed by atoms with Crippen molar-refractivity contribution in [3.8, 4) is 17.6 Å². The van der Waals surface area contributed by atoms with Crippen molar-refractivity contribution in [1.29, 1.82) is 5.26 Å². The fraction of sp³-hybridized carbons (Fsp3) is 0.533. The number of aryl methyl sites for hydroxylation is 1. The quantitative estimate of drug-likeness (QED) is 0.817. The smallest absolute Gasteiger partial charge is 0.122 e. The van der Waals surface area contributed by atoms with Gasteiger partial charge in [-0.05, 0) is 49.4 Å². The summed E-state index contributed by atoms with van der Waals surface area (Å²) in [6, 6.07) is 6.46. The topological polar surface area (TPSA) is 42.2 Å². The maximum Gasteiger partial charge on any atom is 0.122 e. The lowest BCUT2D eigenvalue weighted by atomic mass is 9.66. The average molecular weight is 245 g/mol. The van der Waals surface area contributed by atoms with Gasteiger partial charge in [-0.1, -0.05) is 6.42 Å². The van der Waals surface area contributed by atoms with Crippen LogP contribution >= 0.6 is 0 Å². The van der Waals surface area contributed by atoms with Crippen LogP contribution in [0.5, 0.6) is 11.5 Å². The minimum absolute atomic E-state index is 0.187. The van der Waals surface area contributed by atoms with E-state index >= 15 is 0 Å². The summed E-state index contributed by atoms with van der Waals surface area (Å²) in [5.41, 5.74) is 1.94. The molecular weight excluding hydrogens is 226 g/mol. The molecule has 0 aliphatic heterocycles. The number of nitrogens with zero attached hydrogens (tertiary/aromatic N) is 1. The summed E-state index contributed by atoms with van der Waals surface area (Å²) in [6.45, 7) is 1.99. The molecule has 1 fully saturated rings. The molecule has 18 heavy (non-hydrogen) atoms. The second kappa shape index (κ2) is 4.89. The van der Waals surface area contributed by atoms with E-state index in [1.807, 2.05) is 19.1 Å². The van der Waals surface area contributed by atoms with Crippen molar-refractivity contribution < 1.29 is 9.47 Å². The molecule has 1 aliphatic rings. The zero-order valence-corrected chi connectivity index (χ0v) is 11.2. The summed E-state index contributed by atoms with van der Waals surface area (Å²) in [7, 11) is 3.34. The molecule has 1 aromatic carbocycles. The first-order valence-electron chi connectivity index (χ1n) is 6.27. The highest BCUT2D eigenvalue weighted by molar-refractivity contribution is 5.46. The maximum absolute atomic E-state index is 9.32. The van der Waals surface area contributed by atoms with Crippen molar-refractivity contribution in [1.82, 2.24) is 0 Å². The number of ether oxygens (including phenoxy) is 2. The van der Waals surface area contributed by atoms with Crippen molar-refractivity contribution in [2.24, 2.45) is 5.41 Å². The Labute approximate surface area is 108 Å². The van der Waals surface area contributed by atoms with Crippen LogP contribution in [0.4, 0.5) is 0 Å². The lowest BCUT2D eigenvalue weighted by Crippen LogP contribution is -2.30. The van der Waals surface area contributed by atoms with Gasteiger partial charge in [0, 0.05) is 0 Å². The second-order valence-corrected chi connectivity index (χ2v) is 5.06. The Bertz CT molecular complexity index is 484. The molecule has 0 spiro atoms. The van der Waals surface area contributed by atoms with Crippen LogP contribution in [0.3, 0.4) is 0 Å². The first-order chi connectivity index (χ1) is 8.64. The van der Waals surface area contributed by atoms with E-state index in [4.69, 9.17) is 9.47 Å². The summed E-state index contributed by atoms with van der Waals surface area (Å²) in [5, 5.41) is 9.32. The largest absolute Gasteiger partial charge is 0.496 e.